The summed E-state index contributed by atoms with van der Waals surface area (Å²) in [5.74, 6) is 0.171. The maximum atomic E-state index is 12.2. The number of thioether (sulfide) groups is 1. The van der Waals surface area contributed by atoms with E-state index in [1.165, 1.54) is 23.5 Å². The number of amides is 1. The number of hydrogen-bond acceptors (Lipinski definition) is 5. The molecule has 0 spiro atoms. The Kier molecular flexibility index (Phi) is 6.10. The van der Waals surface area contributed by atoms with Crippen LogP contribution in [0.15, 0.2) is 89.1 Å². The third-order valence-electron chi connectivity index (χ3n) is 4.43. The summed E-state index contributed by atoms with van der Waals surface area (Å²) in [6.45, 7) is 0.685. The molecule has 2 N–H and O–H groups in total. The maximum Gasteiger partial charge on any atom is 0.250 e. The Bertz CT molecular complexity index is 1170. The number of carbonyl (C=O) groups excluding carboxylic acids is 1. The van der Waals surface area contributed by atoms with Gasteiger partial charge < -0.3 is 9.67 Å². The van der Waals surface area contributed by atoms with Crippen molar-refractivity contribution in [3.05, 3.63) is 90.0 Å². The Morgan fingerprint density at radius 3 is 2.57 bits per heavy atom. The molecule has 1 aromatic heterocycles. The molecule has 0 saturated carbocycles. The summed E-state index contributed by atoms with van der Waals surface area (Å²) in [5.41, 5.74) is 6.42. The predicted octanol–water partition coefficient (Wildman–Crippen LogP) is 4.03. The van der Waals surface area contributed by atoms with Gasteiger partial charge >= 0.3 is 0 Å². The average molecular weight is 417 g/mol. The third-order valence-corrected chi connectivity index (χ3v) is 5.41. The van der Waals surface area contributed by atoms with Crippen molar-refractivity contribution in [1.29, 1.82) is 0 Å². The van der Waals surface area contributed by atoms with Crippen molar-refractivity contribution in [2.24, 2.45) is 5.10 Å². The predicted molar refractivity (Wildman–Crippen MR) is 120 cm³/mol. The number of phenolic OH excluding ortho intramolecular Hbond substituents is 1. The van der Waals surface area contributed by atoms with Crippen LogP contribution in [0.1, 0.15) is 11.1 Å². The zero-order chi connectivity index (χ0) is 20.8. The molecule has 150 valence electrons. The Hall–Kier alpha value is -3.58. The number of hydrogen-bond donors (Lipinski definition) is 2. The molecule has 30 heavy (non-hydrogen) atoms. The van der Waals surface area contributed by atoms with Gasteiger partial charge in [-0.25, -0.2) is 10.4 Å². The van der Waals surface area contributed by atoms with Crippen LogP contribution in [0.4, 0.5) is 0 Å². The van der Waals surface area contributed by atoms with E-state index in [1.54, 1.807) is 24.3 Å². The maximum absolute atomic E-state index is 12.2. The highest BCUT2D eigenvalue weighted by atomic mass is 32.2. The van der Waals surface area contributed by atoms with Gasteiger partial charge in [0.15, 0.2) is 5.16 Å². The van der Waals surface area contributed by atoms with Gasteiger partial charge in [0.05, 0.1) is 29.5 Å². The number of phenols is 1. The van der Waals surface area contributed by atoms with Gasteiger partial charge in [-0.3, -0.25) is 4.79 Å². The number of nitrogens with one attached hydrogen (secondary N) is 1. The summed E-state index contributed by atoms with van der Waals surface area (Å²) in [6, 6.07) is 24.7. The average Bonchev–Trinajstić information content (AvgIpc) is 3.12. The first kappa shape index (κ1) is 19.7. The first-order valence-electron chi connectivity index (χ1n) is 9.42. The molecule has 4 aromatic rings. The number of carbonyl (C=O) groups is 1. The van der Waals surface area contributed by atoms with Gasteiger partial charge in [0.25, 0.3) is 5.91 Å². The molecule has 3 aromatic carbocycles. The third kappa shape index (κ3) is 4.87. The summed E-state index contributed by atoms with van der Waals surface area (Å²) in [5, 5.41) is 14.1. The van der Waals surface area contributed by atoms with Crippen molar-refractivity contribution in [1.82, 2.24) is 15.0 Å². The summed E-state index contributed by atoms with van der Waals surface area (Å²) in [6.07, 6.45) is 1.53. The molecule has 0 bridgehead atoms. The number of rotatable bonds is 7. The zero-order valence-corrected chi connectivity index (χ0v) is 16.9. The van der Waals surface area contributed by atoms with E-state index >= 15 is 0 Å². The van der Waals surface area contributed by atoms with E-state index in [1.807, 2.05) is 42.5 Å². The highest BCUT2D eigenvalue weighted by Gasteiger charge is 2.13. The van der Waals surface area contributed by atoms with E-state index < -0.39 is 0 Å². The standard InChI is InChI=1S/C23H20N4O2S/c28-19-12-10-17(11-13-19)14-24-26-22(29)16-30-23-25-20-8-4-5-9-21(20)27(23)15-18-6-2-1-3-7-18/h1-14,28H,15-16H2,(H,26,29). The zero-order valence-electron chi connectivity index (χ0n) is 16.1. The first-order chi connectivity index (χ1) is 14.7. The fourth-order valence-electron chi connectivity index (χ4n) is 2.98. The minimum absolute atomic E-state index is 0.186. The number of nitrogens with zero attached hydrogens (tertiary/aromatic N) is 3. The Balaban J connectivity index is 1.43. The second-order valence-electron chi connectivity index (χ2n) is 6.63. The lowest BCUT2D eigenvalue weighted by Crippen LogP contribution is -2.20. The smallest absolute Gasteiger partial charge is 0.250 e. The Morgan fingerprint density at radius 1 is 1.03 bits per heavy atom. The van der Waals surface area contributed by atoms with E-state index in [0.717, 1.165) is 21.8 Å². The number of imidazole rings is 1. The van der Waals surface area contributed by atoms with Gasteiger partial charge in [-0.2, -0.15) is 5.10 Å². The molecule has 0 fully saturated rings. The molecule has 7 heteroatoms. The van der Waals surface area contributed by atoms with E-state index in [4.69, 9.17) is 4.98 Å². The van der Waals surface area contributed by atoms with Crippen molar-refractivity contribution < 1.29 is 9.90 Å². The minimum atomic E-state index is -0.214. The topological polar surface area (TPSA) is 79.5 Å². The number of fused-ring (bicyclic) bond motifs is 1. The van der Waals surface area contributed by atoms with Crippen molar-refractivity contribution >= 4 is 34.9 Å². The number of benzene rings is 3. The van der Waals surface area contributed by atoms with Gasteiger partial charge in [0, 0.05) is 0 Å². The largest absolute Gasteiger partial charge is 0.508 e. The number of hydrazone groups is 1. The van der Waals surface area contributed by atoms with E-state index in [2.05, 4.69) is 27.2 Å². The first-order valence-corrected chi connectivity index (χ1v) is 10.4. The molecule has 0 saturated heterocycles. The number of para-hydroxylation sites is 2. The van der Waals surface area contributed by atoms with Gasteiger partial charge in [0.2, 0.25) is 0 Å². The fraction of sp³-hybridized carbons (Fsp3) is 0.0870. The van der Waals surface area contributed by atoms with Crippen LogP contribution >= 0.6 is 11.8 Å². The van der Waals surface area contributed by atoms with Gasteiger partial charge in [-0.05, 0) is 47.5 Å². The minimum Gasteiger partial charge on any atom is -0.508 e. The summed E-state index contributed by atoms with van der Waals surface area (Å²) < 4.78 is 2.13. The summed E-state index contributed by atoms with van der Waals surface area (Å²) in [4.78, 5) is 16.9. The lowest BCUT2D eigenvalue weighted by atomic mass is 10.2. The quantitative estimate of drug-likeness (QED) is 0.271. The molecule has 4 rings (SSSR count). The highest BCUT2D eigenvalue weighted by Crippen LogP contribution is 2.25. The second kappa shape index (κ2) is 9.28. The van der Waals surface area contributed by atoms with Gasteiger partial charge in [-0.1, -0.05) is 54.2 Å². The summed E-state index contributed by atoms with van der Waals surface area (Å²) >= 11 is 1.38. The number of aromatic hydroxyl groups is 1. The van der Waals surface area contributed by atoms with Crippen LogP contribution in [0.2, 0.25) is 0 Å². The molecule has 1 amide bonds. The normalized spacial score (nSPS) is 11.2. The van der Waals surface area contributed by atoms with Crippen LogP contribution in [0.25, 0.3) is 11.0 Å². The molecule has 0 radical (unpaired) electrons. The second-order valence-corrected chi connectivity index (χ2v) is 7.57. The Morgan fingerprint density at radius 2 is 1.77 bits per heavy atom. The van der Waals surface area contributed by atoms with Gasteiger partial charge in [0.1, 0.15) is 5.75 Å². The molecule has 0 atom stereocenters. The van der Waals surface area contributed by atoms with Crippen LogP contribution in [0.3, 0.4) is 0 Å². The Labute approximate surface area is 178 Å². The van der Waals surface area contributed by atoms with Crippen molar-refractivity contribution in [3.63, 3.8) is 0 Å². The van der Waals surface area contributed by atoms with Crippen LogP contribution in [0, 0.1) is 0 Å². The van der Waals surface area contributed by atoms with Crippen LogP contribution in [-0.4, -0.2) is 32.5 Å². The molecular formula is C23H20N4O2S. The fourth-order valence-corrected chi connectivity index (χ4v) is 3.79. The van der Waals surface area contributed by atoms with E-state index in [0.29, 0.717) is 6.54 Å². The van der Waals surface area contributed by atoms with Crippen LogP contribution in [0.5, 0.6) is 5.75 Å². The summed E-state index contributed by atoms with van der Waals surface area (Å²) in [7, 11) is 0. The van der Waals surface area contributed by atoms with E-state index in [9.17, 15) is 9.90 Å². The van der Waals surface area contributed by atoms with Crippen molar-refractivity contribution in [2.45, 2.75) is 11.7 Å². The molecule has 0 aliphatic heterocycles. The van der Waals surface area contributed by atoms with Crippen LogP contribution in [-0.2, 0) is 11.3 Å². The monoisotopic (exact) mass is 416 g/mol. The van der Waals surface area contributed by atoms with Crippen LogP contribution < -0.4 is 5.43 Å². The van der Waals surface area contributed by atoms with Crippen molar-refractivity contribution in [2.75, 3.05) is 5.75 Å². The number of aromatic nitrogens is 2. The highest BCUT2D eigenvalue weighted by molar-refractivity contribution is 7.99. The molecule has 0 aliphatic carbocycles. The SMILES string of the molecule is O=C(CSc1nc2ccccc2n1Cc1ccccc1)NN=Cc1ccc(O)cc1. The molecule has 0 aliphatic rings. The lowest BCUT2D eigenvalue weighted by molar-refractivity contribution is -0.118. The molecule has 1 heterocycles. The lowest BCUT2D eigenvalue weighted by Gasteiger charge is -2.09. The molecular weight excluding hydrogens is 396 g/mol. The molecule has 6 nitrogen and oxygen atoms in total. The van der Waals surface area contributed by atoms with E-state index in [-0.39, 0.29) is 17.4 Å². The van der Waals surface area contributed by atoms with Gasteiger partial charge in [-0.15, -0.1) is 0 Å². The van der Waals surface area contributed by atoms with Crippen molar-refractivity contribution in [3.8, 4) is 5.75 Å². The molecule has 0 unspecified atom stereocenters.